The average molecular weight is 463 g/mol. The van der Waals surface area contributed by atoms with Gasteiger partial charge in [0, 0.05) is 31.0 Å². The van der Waals surface area contributed by atoms with Crippen LogP contribution in [0.5, 0.6) is 11.5 Å². The number of fused-ring (bicyclic) bond motifs is 1. The number of amides is 1. The number of nitrogens with one attached hydrogen (secondary N) is 1. The van der Waals surface area contributed by atoms with Gasteiger partial charge in [0.05, 0.1) is 19.4 Å². The van der Waals surface area contributed by atoms with Crippen molar-refractivity contribution < 1.29 is 14.3 Å². The van der Waals surface area contributed by atoms with Gasteiger partial charge >= 0.3 is 0 Å². The number of carbonyl (C=O) groups is 1. The number of benzene rings is 1. The van der Waals surface area contributed by atoms with E-state index in [1.807, 2.05) is 37.3 Å². The molecule has 1 aromatic carbocycles. The van der Waals surface area contributed by atoms with E-state index in [2.05, 4.69) is 27.3 Å². The van der Waals surface area contributed by atoms with E-state index in [9.17, 15) is 4.79 Å². The molecule has 0 bridgehead atoms. The minimum absolute atomic E-state index is 0.0643. The lowest BCUT2D eigenvalue weighted by atomic mass is 9.85. The number of hydrogen-bond acceptors (Lipinski definition) is 7. The molecule has 9 heteroatoms. The second-order valence-electron chi connectivity index (χ2n) is 8.77. The average Bonchev–Trinajstić information content (AvgIpc) is 3.51. The molecular weight excluding hydrogens is 432 g/mol. The minimum Gasteiger partial charge on any atom is -0.493 e. The molecule has 2 aliphatic rings. The van der Waals surface area contributed by atoms with E-state index in [0.717, 1.165) is 42.1 Å². The van der Waals surface area contributed by atoms with Gasteiger partial charge in [0.2, 0.25) is 5.91 Å². The third kappa shape index (κ3) is 4.06. The molecule has 178 valence electrons. The van der Waals surface area contributed by atoms with Crippen LogP contribution in [0.1, 0.15) is 55.3 Å². The van der Waals surface area contributed by atoms with Crippen molar-refractivity contribution in [2.24, 2.45) is 0 Å². The Morgan fingerprint density at radius 2 is 1.85 bits per heavy atom. The Labute approximate surface area is 199 Å². The zero-order valence-electron chi connectivity index (χ0n) is 19.9. The van der Waals surface area contributed by atoms with Crippen molar-refractivity contribution in [1.29, 1.82) is 0 Å². The Kier molecular flexibility index (Phi) is 6.08. The van der Waals surface area contributed by atoms with Gasteiger partial charge in [0.25, 0.3) is 0 Å². The highest BCUT2D eigenvalue weighted by atomic mass is 16.5. The lowest BCUT2D eigenvalue weighted by Gasteiger charge is -2.25. The summed E-state index contributed by atoms with van der Waals surface area (Å²) in [5, 5.41) is 16.6. The maximum Gasteiger partial charge on any atom is 0.226 e. The molecule has 0 radical (unpaired) electrons. The van der Waals surface area contributed by atoms with Crippen LogP contribution >= 0.6 is 0 Å². The van der Waals surface area contributed by atoms with Crippen LogP contribution in [0.3, 0.4) is 0 Å². The number of carbonyl (C=O) groups excluding carboxylic acids is 1. The summed E-state index contributed by atoms with van der Waals surface area (Å²) in [6, 6.07) is 9.75. The van der Waals surface area contributed by atoms with Gasteiger partial charge in [-0.3, -0.25) is 4.79 Å². The molecule has 2 aliphatic heterocycles. The molecule has 9 nitrogen and oxygen atoms in total. The van der Waals surface area contributed by atoms with Crippen molar-refractivity contribution in [3.63, 3.8) is 0 Å². The fourth-order valence-corrected chi connectivity index (χ4v) is 4.78. The first kappa shape index (κ1) is 22.2. The maximum absolute atomic E-state index is 12.7. The van der Waals surface area contributed by atoms with Crippen LogP contribution in [0.25, 0.3) is 5.82 Å². The normalized spacial score (nSPS) is 17.4. The first-order valence-electron chi connectivity index (χ1n) is 11.9. The summed E-state index contributed by atoms with van der Waals surface area (Å²) in [5.41, 5.74) is 2.81. The van der Waals surface area contributed by atoms with E-state index in [0.29, 0.717) is 36.2 Å². The van der Waals surface area contributed by atoms with Crippen molar-refractivity contribution in [3.05, 3.63) is 47.2 Å². The molecule has 5 rings (SSSR count). The van der Waals surface area contributed by atoms with Gasteiger partial charge in [-0.1, -0.05) is 13.0 Å². The van der Waals surface area contributed by atoms with E-state index < -0.39 is 0 Å². The largest absolute Gasteiger partial charge is 0.493 e. The third-order valence-electron chi connectivity index (χ3n) is 6.44. The first-order valence-corrected chi connectivity index (χ1v) is 11.9. The lowest BCUT2D eigenvalue weighted by molar-refractivity contribution is -0.116. The summed E-state index contributed by atoms with van der Waals surface area (Å²) in [4.78, 5) is 15.0. The fourth-order valence-electron chi connectivity index (χ4n) is 4.78. The number of anilines is 2. The van der Waals surface area contributed by atoms with Gasteiger partial charge in [-0.15, -0.1) is 10.2 Å². The Morgan fingerprint density at radius 3 is 2.56 bits per heavy atom. The molecule has 3 aromatic rings. The van der Waals surface area contributed by atoms with Crippen LogP contribution < -0.4 is 19.7 Å². The van der Waals surface area contributed by atoms with Crippen molar-refractivity contribution >= 4 is 17.5 Å². The molecule has 2 aromatic heterocycles. The Morgan fingerprint density at radius 1 is 1.09 bits per heavy atom. The van der Waals surface area contributed by atoms with E-state index in [1.165, 1.54) is 12.8 Å². The zero-order chi connectivity index (χ0) is 23.7. The summed E-state index contributed by atoms with van der Waals surface area (Å²) in [7, 11) is 1.63. The van der Waals surface area contributed by atoms with Gasteiger partial charge in [-0.2, -0.15) is 9.78 Å². The summed E-state index contributed by atoms with van der Waals surface area (Å²) in [6.45, 7) is 6.66. The van der Waals surface area contributed by atoms with Gasteiger partial charge in [0.15, 0.2) is 23.1 Å². The quantitative estimate of drug-likeness (QED) is 0.570. The number of hydrogen-bond donors (Lipinski definition) is 1. The van der Waals surface area contributed by atoms with Gasteiger partial charge in [0.1, 0.15) is 5.82 Å². The molecule has 4 heterocycles. The SMILES string of the molecule is CCCOc1ccc([C@H]2CC(=O)Nc3c2c(C)nn3-c2ccc(N3CCCC3)nn2)cc1OC. The Hall–Kier alpha value is -3.62. The monoisotopic (exact) mass is 462 g/mol. The van der Waals surface area contributed by atoms with Crippen molar-refractivity contribution in [1.82, 2.24) is 20.0 Å². The highest BCUT2D eigenvalue weighted by Gasteiger charge is 2.33. The van der Waals surface area contributed by atoms with Crippen LogP contribution in [0.2, 0.25) is 0 Å². The minimum atomic E-state index is -0.150. The number of nitrogens with zero attached hydrogens (tertiary/aromatic N) is 5. The molecule has 34 heavy (non-hydrogen) atoms. The Balaban J connectivity index is 1.50. The number of aromatic nitrogens is 4. The fraction of sp³-hybridized carbons (Fsp3) is 0.440. The molecule has 1 atom stereocenters. The van der Waals surface area contributed by atoms with Gasteiger partial charge in [-0.05, 0) is 56.0 Å². The van der Waals surface area contributed by atoms with Gasteiger partial charge < -0.3 is 19.7 Å². The van der Waals surface area contributed by atoms with Crippen LogP contribution in [0, 0.1) is 6.92 Å². The highest BCUT2D eigenvalue weighted by molar-refractivity contribution is 5.95. The van der Waals surface area contributed by atoms with Crippen LogP contribution in [0.4, 0.5) is 11.6 Å². The van der Waals surface area contributed by atoms with Crippen LogP contribution in [-0.4, -0.2) is 52.7 Å². The second kappa shape index (κ2) is 9.32. The molecule has 0 aliphatic carbocycles. The topological polar surface area (TPSA) is 94.4 Å². The smallest absolute Gasteiger partial charge is 0.226 e. The summed E-state index contributed by atoms with van der Waals surface area (Å²) >= 11 is 0. The maximum atomic E-state index is 12.7. The predicted molar refractivity (Wildman–Crippen MR) is 129 cm³/mol. The number of aryl methyl sites for hydroxylation is 1. The first-order chi connectivity index (χ1) is 16.6. The van der Waals surface area contributed by atoms with Crippen LogP contribution in [-0.2, 0) is 4.79 Å². The standard InChI is InChI=1S/C25H30N6O3/c1-4-13-34-19-8-7-17(14-20(19)33-3)18-15-23(32)26-25-24(18)16(2)29-31(25)22-10-9-21(27-28-22)30-11-5-6-12-30/h7-10,14,18H,4-6,11-13,15H2,1-3H3,(H,26,32)/t18-/m1/s1. The van der Waals surface area contributed by atoms with E-state index >= 15 is 0 Å². The zero-order valence-corrected chi connectivity index (χ0v) is 19.9. The van der Waals surface area contributed by atoms with E-state index in [4.69, 9.17) is 14.6 Å². The molecule has 1 amide bonds. The lowest BCUT2D eigenvalue weighted by Crippen LogP contribution is -2.25. The summed E-state index contributed by atoms with van der Waals surface area (Å²) in [5.74, 6) is 3.25. The summed E-state index contributed by atoms with van der Waals surface area (Å²) < 4.78 is 13.1. The number of ether oxygens (including phenoxy) is 2. The number of methoxy groups -OCH3 is 1. The van der Waals surface area contributed by atoms with Crippen molar-refractivity contribution in [3.8, 4) is 17.3 Å². The predicted octanol–water partition coefficient (Wildman–Crippen LogP) is 3.84. The molecular formula is C25H30N6O3. The summed E-state index contributed by atoms with van der Waals surface area (Å²) in [6.07, 6.45) is 3.60. The number of rotatable bonds is 7. The third-order valence-corrected chi connectivity index (χ3v) is 6.44. The molecule has 0 spiro atoms. The van der Waals surface area contributed by atoms with Crippen LogP contribution in [0.15, 0.2) is 30.3 Å². The molecule has 1 N–H and O–H groups in total. The van der Waals surface area contributed by atoms with E-state index in [-0.39, 0.29) is 11.8 Å². The van der Waals surface area contributed by atoms with Crippen molar-refractivity contribution in [2.45, 2.75) is 45.4 Å². The van der Waals surface area contributed by atoms with E-state index in [1.54, 1.807) is 11.8 Å². The molecule has 1 fully saturated rings. The molecule has 0 unspecified atom stereocenters. The van der Waals surface area contributed by atoms with Gasteiger partial charge in [-0.25, -0.2) is 0 Å². The highest BCUT2D eigenvalue weighted by Crippen LogP contribution is 2.42. The molecule has 0 saturated carbocycles. The van der Waals surface area contributed by atoms with Crippen molar-refractivity contribution in [2.75, 3.05) is 37.0 Å². The Bertz CT molecular complexity index is 1180. The molecule has 1 saturated heterocycles. The second-order valence-corrected chi connectivity index (χ2v) is 8.77.